The third kappa shape index (κ3) is 4.84. The lowest BCUT2D eigenvalue weighted by molar-refractivity contribution is -0.145. The number of nitrogens with zero attached hydrogens (tertiary/aromatic N) is 4. The number of aromatic nitrogens is 2. The summed E-state index contributed by atoms with van der Waals surface area (Å²) in [7, 11) is 4.60. The fourth-order valence-electron chi connectivity index (χ4n) is 1.96. The van der Waals surface area contributed by atoms with E-state index in [1.54, 1.807) is 32.3 Å². The summed E-state index contributed by atoms with van der Waals surface area (Å²) in [6.07, 6.45) is -4.68. The largest absolute Gasteiger partial charge is 0.451 e. The molecule has 0 aliphatic rings. The van der Waals surface area contributed by atoms with Crippen LogP contribution in [0.4, 0.5) is 13.2 Å². The Labute approximate surface area is 152 Å². The highest BCUT2D eigenvalue weighted by atomic mass is 32.2. The van der Waals surface area contributed by atoms with Crippen LogP contribution in [-0.2, 0) is 15.8 Å². The summed E-state index contributed by atoms with van der Waals surface area (Å²) in [6.45, 7) is -0.106. The Kier molecular flexibility index (Phi) is 6.06. The van der Waals surface area contributed by atoms with Crippen LogP contribution < -0.4 is 0 Å². The summed E-state index contributed by atoms with van der Waals surface area (Å²) in [4.78, 5) is 33.5. The van der Waals surface area contributed by atoms with E-state index in [1.807, 2.05) is 0 Å². The summed E-state index contributed by atoms with van der Waals surface area (Å²) in [5.74, 6) is -2.03. The molecule has 0 saturated carbocycles. The number of carbonyl (C=O) groups is 2. The van der Waals surface area contributed by atoms with E-state index >= 15 is 0 Å². The predicted octanol–water partition coefficient (Wildman–Crippen LogP) is 2.29. The number of para-hydroxylation sites is 1. The summed E-state index contributed by atoms with van der Waals surface area (Å²) in [6, 6.07) is 6.30. The molecular weight excluding hydrogens is 369 g/mol. The normalized spacial score (nSPS) is 11.5. The van der Waals surface area contributed by atoms with E-state index in [0.717, 1.165) is 11.8 Å². The Bertz CT molecular complexity index is 827. The van der Waals surface area contributed by atoms with Crippen LogP contribution in [0.15, 0.2) is 29.3 Å². The van der Waals surface area contributed by atoms with Crippen molar-refractivity contribution in [3.05, 3.63) is 30.1 Å². The fourth-order valence-corrected chi connectivity index (χ4v) is 2.92. The lowest BCUT2D eigenvalue weighted by Gasteiger charge is -2.19. The topological polar surface area (TPSA) is 66.4 Å². The number of amides is 2. The zero-order valence-electron chi connectivity index (χ0n) is 14.4. The summed E-state index contributed by atoms with van der Waals surface area (Å²) < 4.78 is 39.0. The van der Waals surface area contributed by atoms with Gasteiger partial charge in [0.05, 0.1) is 17.8 Å². The Hall–Kier alpha value is -2.36. The molecule has 1 aromatic carbocycles. The number of benzene rings is 1. The SMILES string of the molecule is CN(C)C(=O)CN(C)C(=O)CSc1nc(C(F)(F)F)nc2ccccc12. The van der Waals surface area contributed by atoms with Crippen LogP contribution in [0.1, 0.15) is 5.82 Å². The van der Waals surface area contributed by atoms with E-state index in [-0.39, 0.29) is 34.7 Å². The van der Waals surface area contributed by atoms with E-state index in [2.05, 4.69) is 9.97 Å². The van der Waals surface area contributed by atoms with Crippen LogP contribution in [0.3, 0.4) is 0 Å². The number of halogens is 3. The standard InChI is InChI=1S/C16H17F3N4O2S/c1-22(2)12(24)8-23(3)13(25)9-26-14-10-6-4-5-7-11(10)20-15(21-14)16(17,18)19/h4-7H,8-9H2,1-3H3. The molecule has 0 N–H and O–H groups in total. The van der Waals surface area contributed by atoms with Crippen LogP contribution in [-0.4, -0.2) is 65.0 Å². The van der Waals surface area contributed by atoms with Gasteiger partial charge in [-0.25, -0.2) is 9.97 Å². The van der Waals surface area contributed by atoms with Gasteiger partial charge in [0.15, 0.2) is 0 Å². The lowest BCUT2D eigenvalue weighted by atomic mass is 10.2. The van der Waals surface area contributed by atoms with Crippen molar-refractivity contribution in [3.63, 3.8) is 0 Å². The van der Waals surface area contributed by atoms with Crippen molar-refractivity contribution in [3.8, 4) is 0 Å². The number of likely N-dealkylation sites (N-methyl/N-ethyl adjacent to an activating group) is 2. The Balaban J connectivity index is 2.19. The maximum absolute atomic E-state index is 13.0. The molecule has 2 rings (SSSR count). The van der Waals surface area contributed by atoms with E-state index < -0.39 is 12.0 Å². The average Bonchev–Trinajstić information content (AvgIpc) is 2.57. The summed E-state index contributed by atoms with van der Waals surface area (Å²) in [5, 5.41) is 0.508. The first kappa shape index (κ1) is 20.0. The smallest absolute Gasteiger partial charge is 0.347 e. The minimum absolute atomic E-state index is 0.0728. The second kappa shape index (κ2) is 7.90. The highest BCUT2D eigenvalue weighted by Gasteiger charge is 2.35. The summed E-state index contributed by atoms with van der Waals surface area (Å²) in [5.41, 5.74) is 0.154. The molecule has 1 aromatic heterocycles. The molecule has 0 radical (unpaired) electrons. The molecule has 0 aliphatic heterocycles. The van der Waals surface area contributed by atoms with Gasteiger partial charge >= 0.3 is 6.18 Å². The van der Waals surface area contributed by atoms with Crippen molar-refractivity contribution in [2.45, 2.75) is 11.2 Å². The van der Waals surface area contributed by atoms with Crippen molar-refractivity contribution in [1.82, 2.24) is 19.8 Å². The minimum Gasteiger partial charge on any atom is -0.347 e. The van der Waals surface area contributed by atoms with E-state index in [9.17, 15) is 22.8 Å². The van der Waals surface area contributed by atoms with E-state index in [0.29, 0.717) is 5.39 Å². The minimum atomic E-state index is -4.68. The molecule has 6 nitrogen and oxygen atoms in total. The quantitative estimate of drug-likeness (QED) is 0.583. The third-order valence-electron chi connectivity index (χ3n) is 3.45. The molecule has 1 heterocycles. The number of fused-ring (bicyclic) bond motifs is 1. The highest BCUT2D eigenvalue weighted by molar-refractivity contribution is 8.00. The molecule has 26 heavy (non-hydrogen) atoms. The van der Waals surface area contributed by atoms with Gasteiger partial charge in [-0.3, -0.25) is 9.59 Å². The molecule has 2 aromatic rings. The van der Waals surface area contributed by atoms with Gasteiger partial charge in [0.1, 0.15) is 5.03 Å². The highest BCUT2D eigenvalue weighted by Crippen LogP contribution is 2.32. The first-order valence-electron chi connectivity index (χ1n) is 7.50. The average molecular weight is 386 g/mol. The number of carbonyl (C=O) groups excluding carboxylic acids is 2. The maximum atomic E-state index is 13.0. The first-order valence-corrected chi connectivity index (χ1v) is 8.49. The van der Waals surface area contributed by atoms with Crippen LogP contribution in [0.5, 0.6) is 0 Å². The zero-order valence-corrected chi connectivity index (χ0v) is 15.2. The molecule has 0 bridgehead atoms. The van der Waals surface area contributed by atoms with Gasteiger partial charge in [-0.15, -0.1) is 0 Å². The van der Waals surface area contributed by atoms with Gasteiger partial charge in [-0.2, -0.15) is 13.2 Å². The molecule has 0 fully saturated rings. The zero-order chi connectivity index (χ0) is 19.5. The van der Waals surface area contributed by atoms with Gasteiger partial charge in [0, 0.05) is 26.5 Å². The van der Waals surface area contributed by atoms with E-state index in [4.69, 9.17) is 0 Å². The molecular formula is C16H17F3N4O2S. The molecule has 0 saturated heterocycles. The number of thioether (sulfide) groups is 1. The van der Waals surface area contributed by atoms with Crippen molar-refractivity contribution in [2.24, 2.45) is 0 Å². The molecule has 10 heteroatoms. The van der Waals surface area contributed by atoms with Crippen molar-refractivity contribution in [2.75, 3.05) is 33.4 Å². The van der Waals surface area contributed by atoms with Gasteiger partial charge in [-0.05, 0) is 6.07 Å². The molecule has 0 aliphatic carbocycles. The van der Waals surface area contributed by atoms with Crippen molar-refractivity contribution < 1.29 is 22.8 Å². The maximum Gasteiger partial charge on any atom is 0.451 e. The number of rotatable bonds is 5. The van der Waals surface area contributed by atoms with Gasteiger partial charge in [-0.1, -0.05) is 30.0 Å². The fraction of sp³-hybridized carbons (Fsp3) is 0.375. The predicted molar refractivity (Wildman–Crippen MR) is 91.6 cm³/mol. The molecule has 0 atom stereocenters. The lowest BCUT2D eigenvalue weighted by Crippen LogP contribution is -2.38. The Morgan fingerprint density at radius 3 is 2.35 bits per heavy atom. The number of hydrogen-bond donors (Lipinski definition) is 0. The van der Waals surface area contributed by atoms with Gasteiger partial charge in [0.25, 0.3) is 0 Å². The van der Waals surface area contributed by atoms with Crippen molar-refractivity contribution >= 4 is 34.5 Å². The monoisotopic (exact) mass is 386 g/mol. The first-order chi connectivity index (χ1) is 12.1. The van der Waals surface area contributed by atoms with E-state index in [1.165, 1.54) is 22.9 Å². The molecule has 140 valence electrons. The van der Waals surface area contributed by atoms with Gasteiger partial charge < -0.3 is 9.80 Å². The number of alkyl halides is 3. The summed E-state index contributed by atoms with van der Waals surface area (Å²) >= 11 is 0.885. The Morgan fingerprint density at radius 2 is 1.73 bits per heavy atom. The second-order valence-corrected chi connectivity index (χ2v) is 6.66. The molecule has 0 unspecified atom stereocenters. The second-order valence-electron chi connectivity index (χ2n) is 5.69. The van der Waals surface area contributed by atoms with Gasteiger partial charge in [0.2, 0.25) is 17.6 Å². The Morgan fingerprint density at radius 1 is 1.08 bits per heavy atom. The van der Waals surface area contributed by atoms with Crippen LogP contribution in [0.25, 0.3) is 10.9 Å². The third-order valence-corrected chi connectivity index (χ3v) is 4.43. The molecule has 0 spiro atoms. The van der Waals surface area contributed by atoms with Crippen LogP contribution in [0.2, 0.25) is 0 Å². The van der Waals surface area contributed by atoms with Crippen LogP contribution >= 0.6 is 11.8 Å². The van der Waals surface area contributed by atoms with Crippen molar-refractivity contribution in [1.29, 1.82) is 0 Å². The van der Waals surface area contributed by atoms with Crippen LogP contribution in [0, 0.1) is 0 Å². The molecule has 2 amide bonds. The number of hydrogen-bond acceptors (Lipinski definition) is 5.